The summed E-state index contributed by atoms with van der Waals surface area (Å²) in [6.45, 7) is 4.99. The summed E-state index contributed by atoms with van der Waals surface area (Å²) in [5.74, 6) is -1.11. The summed E-state index contributed by atoms with van der Waals surface area (Å²) in [7, 11) is 0. The van der Waals surface area contributed by atoms with Crippen LogP contribution in [0.3, 0.4) is 0 Å². The second-order valence-electron chi connectivity index (χ2n) is 6.36. The Morgan fingerprint density at radius 2 is 1.97 bits per heavy atom. The van der Waals surface area contributed by atoms with Crippen molar-refractivity contribution in [2.75, 3.05) is 6.54 Å². The molecule has 0 amide bonds. The number of aliphatic imine (C=N–C) groups is 1. The third kappa shape index (κ3) is 6.25. The van der Waals surface area contributed by atoms with Crippen LogP contribution >= 0.6 is 24.0 Å². The monoisotopic (exact) mass is 511 g/mol. The lowest BCUT2D eigenvalue weighted by Gasteiger charge is -2.18. The number of aromatic nitrogens is 2. The van der Waals surface area contributed by atoms with Crippen molar-refractivity contribution < 1.29 is 8.78 Å². The van der Waals surface area contributed by atoms with E-state index in [2.05, 4.69) is 20.7 Å². The van der Waals surface area contributed by atoms with Gasteiger partial charge in [0, 0.05) is 18.9 Å². The molecule has 0 radical (unpaired) electrons. The van der Waals surface area contributed by atoms with Gasteiger partial charge >= 0.3 is 0 Å². The average molecular weight is 511 g/mol. The Morgan fingerprint density at radius 1 is 1.14 bits per heavy atom. The molecule has 1 heterocycles. The standard InChI is InChI=1S/C21H23F2N5.HI/c1-3-24-21(27-15(2)17-8-9-19(22)20(23)13-17)25-14-16-6-4-7-18(12-16)28-11-5-10-26-28;/h4-13,15H,3,14H2,1-2H3,(H2,24,25,27);1H. The summed E-state index contributed by atoms with van der Waals surface area (Å²) in [6, 6.07) is 13.5. The van der Waals surface area contributed by atoms with Crippen molar-refractivity contribution in [3.8, 4) is 5.69 Å². The van der Waals surface area contributed by atoms with Gasteiger partial charge in [0.05, 0.1) is 18.3 Å². The maximum Gasteiger partial charge on any atom is 0.192 e. The van der Waals surface area contributed by atoms with Crippen molar-refractivity contribution in [1.29, 1.82) is 0 Å². The highest BCUT2D eigenvalue weighted by Gasteiger charge is 2.11. The maximum absolute atomic E-state index is 13.5. The topological polar surface area (TPSA) is 54.2 Å². The lowest BCUT2D eigenvalue weighted by molar-refractivity contribution is 0.504. The van der Waals surface area contributed by atoms with E-state index in [4.69, 9.17) is 0 Å². The SMILES string of the molecule is CCNC(=NCc1cccc(-n2cccn2)c1)NC(C)c1ccc(F)c(F)c1.I. The number of nitrogens with zero attached hydrogens (tertiary/aromatic N) is 3. The molecule has 5 nitrogen and oxygen atoms in total. The number of benzene rings is 2. The predicted octanol–water partition coefficient (Wildman–Crippen LogP) is 4.58. The Labute approximate surface area is 186 Å². The Hall–Kier alpha value is -2.49. The van der Waals surface area contributed by atoms with Gasteiger partial charge in [0.15, 0.2) is 17.6 Å². The Balaban J connectivity index is 0.00000300. The van der Waals surface area contributed by atoms with Crippen LogP contribution in [0, 0.1) is 11.6 Å². The third-order valence-electron chi connectivity index (χ3n) is 4.24. The molecule has 1 atom stereocenters. The van der Waals surface area contributed by atoms with Gasteiger partial charge in [-0.1, -0.05) is 18.2 Å². The van der Waals surface area contributed by atoms with E-state index in [9.17, 15) is 8.78 Å². The summed E-state index contributed by atoms with van der Waals surface area (Å²) in [5.41, 5.74) is 2.64. The normalized spacial score (nSPS) is 12.2. The number of guanidine groups is 1. The highest BCUT2D eigenvalue weighted by atomic mass is 127. The molecule has 0 aliphatic carbocycles. The Bertz CT molecular complexity index is 944. The van der Waals surface area contributed by atoms with E-state index in [0.29, 0.717) is 24.6 Å². The van der Waals surface area contributed by atoms with E-state index in [0.717, 1.165) is 17.3 Å². The first-order chi connectivity index (χ1) is 13.6. The van der Waals surface area contributed by atoms with Crippen LogP contribution in [0.25, 0.3) is 5.69 Å². The van der Waals surface area contributed by atoms with E-state index in [1.165, 1.54) is 6.07 Å². The summed E-state index contributed by atoms with van der Waals surface area (Å²) in [6.07, 6.45) is 3.62. The lowest BCUT2D eigenvalue weighted by atomic mass is 10.1. The highest BCUT2D eigenvalue weighted by molar-refractivity contribution is 14.0. The molecule has 1 unspecified atom stereocenters. The maximum atomic E-state index is 13.5. The van der Waals surface area contributed by atoms with Crippen molar-refractivity contribution in [3.63, 3.8) is 0 Å². The summed E-state index contributed by atoms with van der Waals surface area (Å²) in [5, 5.41) is 10.6. The van der Waals surface area contributed by atoms with Gasteiger partial charge < -0.3 is 10.6 Å². The third-order valence-corrected chi connectivity index (χ3v) is 4.24. The number of halogens is 3. The first-order valence-corrected chi connectivity index (χ1v) is 9.15. The van der Waals surface area contributed by atoms with Gasteiger partial charge in [-0.3, -0.25) is 0 Å². The quantitative estimate of drug-likeness (QED) is 0.290. The zero-order chi connectivity index (χ0) is 19.9. The Morgan fingerprint density at radius 3 is 2.66 bits per heavy atom. The molecule has 0 fully saturated rings. The van der Waals surface area contributed by atoms with E-state index in [1.54, 1.807) is 16.9 Å². The summed E-state index contributed by atoms with van der Waals surface area (Å²) >= 11 is 0. The van der Waals surface area contributed by atoms with E-state index < -0.39 is 11.6 Å². The van der Waals surface area contributed by atoms with E-state index in [-0.39, 0.29) is 30.0 Å². The summed E-state index contributed by atoms with van der Waals surface area (Å²) in [4.78, 5) is 4.61. The number of rotatable bonds is 6. The fourth-order valence-electron chi connectivity index (χ4n) is 2.78. The molecule has 2 aromatic carbocycles. The van der Waals surface area contributed by atoms with Crippen LogP contribution in [-0.2, 0) is 6.54 Å². The van der Waals surface area contributed by atoms with Gasteiger partial charge in [0.2, 0.25) is 0 Å². The van der Waals surface area contributed by atoms with Crippen LogP contribution in [0.4, 0.5) is 8.78 Å². The van der Waals surface area contributed by atoms with Gasteiger partial charge in [-0.05, 0) is 55.3 Å². The largest absolute Gasteiger partial charge is 0.357 e. The zero-order valence-corrected chi connectivity index (χ0v) is 18.6. The molecule has 0 spiro atoms. The van der Waals surface area contributed by atoms with Gasteiger partial charge in [-0.15, -0.1) is 24.0 Å². The zero-order valence-electron chi connectivity index (χ0n) is 16.3. The molecule has 0 aliphatic rings. The predicted molar refractivity (Wildman–Crippen MR) is 122 cm³/mol. The van der Waals surface area contributed by atoms with Gasteiger partial charge in [0.25, 0.3) is 0 Å². The van der Waals surface area contributed by atoms with Gasteiger partial charge in [-0.2, -0.15) is 5.10 Å². The molecule has 8 heteroatoms. The molecule has 0 saturated heterocycles. The first-order valence-electron chi connectivity index (χ1n) is 9.15. The van der Waals surface area contributed by atoms with E-state index >= 15 is 0 Å². The summed E-state index contributed by atoms with van der Waals surface area (Å²) < 4.78 is 28.4. The molecular formula is C21H24F2IN5. The highest BCUT2D eigenvalue weighted by Crippen LogP contribution is 2.16. The molecule has 1 aromatic heterocycles. The van der Waals surface area contributed by atoms with Gasteiger partial charge in [-0.25, -0.2) is 18.5 Å². The van der Waals surface area contributed by atoms with Crippen LogP contribution < -0.4 is 10.6 Å². The number of hydrogen-bond donors (Lipinski definition) is 2. The van der Waals surface area contributed by atoms with Crippen LogP contribution in [0.2, 0.25) is 0 Å². The Kier molecular flexibility index (Phi) is 8.56. The molecule has 0 aliphatic heterocycles. The molecule has 29 heavy (non-hydrogen) atoms. The second-order valence-corrected chi connectivity index (χ2v) is 6.36. The minimum Gasteiger partial charge on any atom is -0.357 e. The smallest absolute Gasteiger partial charge is 0.192 e. The van der Waals surface area contributed by atoms with Crippen LogP contribution in [0.15, 0.2) is 65.9 Å². The fraction of sp³-hybridized carbons (Fsp3) is 0.238. The van der Waals surface area contributed by atoms with Crippen LogP contribution in [0.5, 0.6) is 0 Å². The minimum absolute atomic E-state index is 0. The van der Waals surface area contributed by atoms with Crippen molar-refractivity contribution in [3.05, 3.63) is 83.7 Å². The molecule has 0 bridgehead atoms. The van der Waals surface area contributed by atoms with E-state index in [1.807, 2.05) is 50.4 Å². The molecule has 0 saturated carbocycles. The average Bonchev–Trinajstić information content (AvgIpc) is 3.23. The number of hydrogen-bond acceptors (Lipinski definition) is 2. The molecule has 154 valence electrons. The lowest BCUT2D eigenvalue weighted by Crippen LogP contribution is -2.38. The molecule has 2 N–H and O–H groups in total. The first kappa shape index (κ1) is 22.8. The van der Waals surface area contributed by atoms with Crippen molar-refractivity contribution in [2.24, 2.45) is 4.99 Å². The molecular weight excluding hydrogens is 487 g/mol. The second kappa shape index (κ2) is 10.9. The van der Waals surface area contributed by atoms with Crippen LogP contribution in [-0.4, -0.2) is 22.3 Å². The fourth-order valence-corrected chi connectivity index (χ4v) is 2.78. The molecule has 3 aromatic rings. The molecule has 3 rings (SSSR count). The van der Waals surface area contributed by atoms with Crippen molar-refractivity contribution >= 4 is 29.9 Å². The van der Waals surface area contributed by atoms with Crippen LogP contribution in [0.1, 0.15) is 31.0 Å². The minimum atomic E-state index is -0.858. The number of nitrogens with one attached hydrogen (secondary N) is 2. The van der Waals surface area contributed by atoms with Crippen molar-refractivity contribution in [1.82, 2.24) is 20.4 Å². The van der Waals surface area contributed by atoms with Crippen molar-refractivity contribution in [2.45, 2.75) is 26.4 Å². The van der Waals surface area contributed by atoms with Gasteiger partial charge in [0.1, 0.15) is 0 Å².